The maximum absolute atomic E-state index is 11.4. The number of amides is 1. The van der Waals surface area contributed by atoms with E-state index in [0.29, 0.717) is 18.3 Å². The molecule has 0 radical (unpaired) electrons. The van der Waals surface area contributed by atoms with Crippen LogP contribution < -0.4 is 5.73 Å². The van der Waals surface area contributed by atoms with Gasteiger partial charge in [0.1, 0.15) is 18.1 Å². The Morgan fingerprint density at radius 3 is 2.65 bits per heavy atom. The van der Waals surface area contributed by atoms with Gasteiger partial charge in [-0.25, -0.2) is 0 Å². The van der Waals surface area contributed by atoms with Crippen LogP contribution in [0.5, 0.6) is 0 Å². The quantitative estimate of drug-likeness (QED) is 0.823. The Morgan fingerprint density at radius 2 is 2.00 bits per heavy atom. The molecule has 2 fully saturated rings. The van der Waals surface area contributed by atoms with Gasteiger partial charge < -0.3 is 20.0 Å². The van der Waals surface area contributed by atoms with Crippen molar-refractivity contribution in [2.24, 2.45) is 17.6 Å². The maximum Gasteiger partial charge on any atom is 0.223 e. The molecule has 0 unspecified atom stereocenters. The summed E-state index contributed by atoms with van der Waals surface area (Å²) in [6.45, 7) is 3.44. The second-order valence-electron chi connectivity index (χ2n) is 6.69. The number of nitrogens with zero attached hydrogens (tertiary/aromatic N) is 1. The normalized spacial score (nSPS) is 26.7. The van der Waals surface area contributed by atoms with Gasteiger partial charge in [0.15, 0.2) is 0 Å². The van der Waals surface area contributed by atoms with Gasteiger partial charge in [-0.15, -0.1) is 0 Å². The van der Waals surface area contributed by atoms with Gasteiger partial charge in [-0.3, -0.25) is 9.69 Å². The fraction of sp³-hybridized carbons (Fsp3) is 0.706. The van der Waals surface area contributed by atoms with Gasteiger partial charge in [0.25, 0.3) is 0 Å². The zero-order chi connectivity index (χ0) is 16.2. The Morgan fingerprint density at radius 1 is 1.26 bits per heavy atom. The Labute approximate surface area is 136 Å². The molecule has 23 heavy (non-hydrogen) atoms. The highest BCUT2D eigenvalue weighted by Crippen LogP contribution is 2.31. The lowest BCUT2D eigenvalue weighted by Crippen LogP contribution is -2.36. The van der Waals surface area contributed by atoms with Crippen molar-refractivity contribution in [3.05, 3.63) is 23.7 Å². The van der Waals surface area contributed by atoms with Crippen molar-refractivity contribution in [1.29, 1.82) is 0 Å². The number of piperidine rings is 1. The summed E-state index contributed by atoms with van der Waals surface area (Å²) < 4.78 is 11.3. The standard InChI is InChI=1S/C17H26N2O4/c18-17(21)15-5-8-22-16(15)9-12-3-6-19(7-4-12)10-13-1-2-14(11-20)23-13/h1-2,12,15-16,20H,3-11H2,(H2,18,21)/t15-,16-/m1/s1. The van der Waals surface area contributed by atoms with E-state index in [0.717, 1.165) is 51.1 Å². The second kappa shape index (κ2) is 7.47. The van der Waals surface area contributed by atoms with Crippen molar-refractivity contribution >= 4 is 5.91 Å². The number of carbonyl (C=O) groups is 1. The predicted octanol–water partition coefficient (Wildman–Crippen LogP) is 1.26. The molecule has 0 aromatic carbocycles. The lowest BCUT2D eigenvalue weighted by Gasteiger charge is -2.33. The molecule has 0 spiro atoms. The van der Waals surface area contributed by atoms with Gasteiger partial charge in [-0.2, -0.15) is 0 Å². The molecule has 0 saturated carbocycles. The van der Waals surface area contributed by atoms with E-state index in [2.05, 4.69) is 4.90 Å². The number of ether oxygens (including phenoxy) is 1. The monoisotopic (exact) mass is 322 g/mol. The van der Waals surface area contributed by atoms with Crippen LogP contribution in [0.1, 0.15) is 37.2 Å². The molecule has 2 aliphatic rings. The topological polar surface area (TPSA) is 88.9 Å². The summed E-state index contributed by atoms with van der Waals surface area (Å²) in [5.41, 5.74) is 5.46. The molecular formula is C17H26N2O4. The summed E-state index contributed by atoms with van der Waals surface area (Å²) in [5.74, 6) is 1.79. The van der Waals surface area contributed by atoms with E-state index in [1.165, 1.54) is 0 Å². The third-order valence-corrected chi connectivity index (χ3v) is 5.10. The largest absolute Gasteiger partial charge is 0.462 e. The van der Waals surface area contributed by atoms with Crippen LogP contribution >= 0.6 is 0 Å². The molecule has 2 aliphatic heterocycles. The number of hydrogen-bond donors (Lipinski definition) is 2. The first-order valence-corrected chi connectivity index (χ1v) is 8.47. The predicted molar refractivity (Wildman–Crippen MR) is 84.3 cm³/mol. The molecule has 3 heterocycles. The average Bonchev–Trinajstić information content (AvgIpc) is 3.18. The van der Waals surface area contributed by atoms with Crippen molar-refractivity contribution in [2.45, 2.75) is 44.9 Å². The van der Waals surface area contributed by atoms with E-state index < -0.39 is 0 Å². The van der Waals surface area contributed by atoms with Gasteiger partial charge in [0, 0.05) is 6.61 Å². The number of nitrogens with two attached hydrogens (primary N) is 1. The third-order valence-electron chi connectivity index (χ3n) is 5.10. The van der Waals surface area contributed by atoms with Gasteiger partial charge in [-0.05, 0) is 56.8 Å². The molecule has 6 heteroatoms. The van der Waals surface area contributed by atoms with Crippen molar-refractivity contribution in [3.8, 4) is 0 Å². The molecule has 1 amide bonds. The molecule has 2 saturated heterocycles. The summed E-state index contributed by atoms with van der Waals surface area (Å²) >= 11 is 0. The summed E-state index contributed by atoms with van der Waals surface area (Å²) in [5, 5.41) is 9.04. The van der Waals surface area contributed by atoms with E-state index in [4.69, 9.17) is 20.0 Å². The van der Waals surface area contributed by atoms with E-state index in [9.17, 15) is 4.79 Å². The highest BCUT2D eigenvalue weighted by Gasteiger charge is 2.35. The molecule has 1 aromatic rings. The van der Waals surface area contributed by atoms with E-state index in [-0.39, 0.29) is 24.5 Å². The molecule has 0 aliphatic carbocycles. The van der Waals surface area contributed by atoms with Crippen molar-refractivity contribution < 1.29 is 19.1 Å². The molecule has 6 nitrogen and oxygen atoms in total. The van der Waals surface area contributed by atoms with Crippen LogP contribution in [0.4, 0.5) is 0 Å². The zero-order valence-corrected chi connectivity index (χ0v) is 13.4. The Bertz CT molecular complexity index is 522. The SMILES string of the molecule is NC(=O)[C@@H]1CCO[C@@H]1CC1CCN(Cc2ccc(CO)o2)CC1. The van der Waals surface area contributed by atoms with Crippen LogP contribution in [0.2, 0.25) is 0 Å². The molecule has 2 atom stereocenters. The Hall–Kier alpha value is -1.37. The van der Waals surface area contributed by atoms with Crippen LogP contribution in [-0.4, -0.2) is 41.7 Å². The maximum atomic E-state index is 11.4. The fourth-order valence-electron chi connectivity index (χ4n) is 3.73. The Balaban J connectivity index is 1.44. The number of hydrogen-bond acceptors (Lipinski definition) is 5. The lowest BCUT2D eigenvalue weighted by atomic mass is 9.86. The number of furan rings is 1. The van der Waals surface area contributed by atoms with Gasteiger partial charge in [-0.1, -0.05) is 0 Å². The molecular weight excluding hydrogens is 296 g/mol. The highest BCUT2D eigenvalue weighted by molar-refractivity contribution is 5.77. The highest BCUT2D eigenvalue weighted by atomic mass is 16.5. The minimum absolute atomic E-state index is 0.0150. The zero-order valence-electron chi connectivity index (χ0n) is 13.4. The van der Waals surface area contributed by atoms with Crippen molar-refractivity contribution in [2.75, 3.05) is 19.7 Å². The smallest absolute Gasteiger partial charge is 0.223 e. The first-order valence-electron chi connectivity index (χ1n) is 8.47. The van der Waals surface area contributed by atoms with Crippen LogP contribution in [0.3, 0.4) is 0 Å². The fourth-order valence-corrected chi connectivity index (χ4v) is 3.73. The van der Waals surface area contributed by atoms with Crippen molar-refractivity contribution in [1.82, 2.24) is 4.90 Å². The average molecular weight is 322 g/mol. The number of aliphatic hydroxyl groups is 1. The number of carbonyl (C=O) groups excluding carboxylic acids is 1. The lowest BCUT2D eigenvalue weighted by molar-refractivity contribution is -0.123. The number of aliphatic hydroxyl groups excluding tert-OH is 1. The van der Waals surface area contributed by atoms with E-state index in [1.807, 2.05) is 12.1 Å². The third kappa shape index (κ3) is 4.13. The van der Waals surface area contributed by atoms with Crippen LogP contribution in [0, 0.1) is 11.8 Å². The molecule has 3 rings (SSSR count). The van der Waals surface area contributed by atoms with Gasteiger partial charge in [0.2, 0.25) is 5.91 Å². The second-order valence-corrected chi connectivity index (χ2v) is 6.69. The number of likely N-dealkylation sites (tertiary alicyclic amines) is 1. The number of rotatable bonds is 6. The number of primary amides is 1. The summed E-state index contributed by atoms with van der Waals surface area (Å²) in [7, 11) is 0. The summed E-state index contributed by atoms with van der Waals surface area (Å²) in [6.07, 6.45) is 3.94. The molecule has 3 N–H and O–H groups in total. The molecule has 1 aromatic heterocycles. The van der Waals surface area contributed by atoms with Crippen LogP contribution in [0.25, 0.3) is 0 Å². The van der Waals surface area contributed by atoms with E-state index >= 15 is 0 Å². The molecule has 128 valence electrons. The molecule has 0 bridgehead atoms. The first-order chi connectivity index (χ1) is 11.2. The summed E-state index contributed by atoms with van der Waals surface area (Å²) in [6, 6.07) is 3.75. The van der Waals surface area contributed by atoms with Crippen LogP contribution in [-0.2, 0) is 22.7 Å². The first kappa shape index (κ1) is 16.5. The Kier molecular flexibility index (Phi) is 5.35. The van der Waals surface area contributed by atoms with Crippen molar-refractivity contribution in [3.63, 3.8) is 0 Å². The minimum atomic E-state index is -0.220. The van der Waals surface area contributed by atoms with Crippen LogP contribution in [0.15, 0.2) is 16.5 Å². The minimum Gasteiger partial charge on any atom is -0.462 e. The van der Waals surface area contributed by atoms with Gasteiger partial charge in [0.05, 0.1) is 18.6 Å². The summed E-state index contributed by atoms with van der Waals surface area (Å²) in [4.78, 5) is 13.8. The van der Waals surface area contributed by atoms with Gasteiger partial charge >= 0.3 is 0 Å². The van der Waals surface area contributed by atoms with E-state index in [1.54, 1.807) is 0 Å².